The maximum Gasteiger partial charge on any atom is 0.472 e. The van der Waals surface area contributed by atoms with E-state index in [9.17, 15) is 19.0 Å². The predicted octanol–water partition coefficient (Wildman–Crippen LogP) is 9.93. The number of unbranched alkanes of at least 4 members (excludes halogenated alkanes) is 20. The molecule has 0 bridgehead atoms. The molecule has 0 rings (SSSR count). The topological polar surface area (TPSA) is 155 Å². The standard InChI is InChI=1S/C37H70NO9P/c1-3-5-7-9-11-13-15-17-18-20-22-24-26-28-30-44-31-34(32-45-48(42,43)46-33-35(38)37(40)41)47-36(39)29-27-25-23-21-19-16-14-12-10-8-6-4-2/h12,14,28,30,34-35H,3-11,13,15-27,29,31-33,38H2,1-2H3,(H,40,41)(H,42,43)/b14-12-,30-28-/t34-,35+/m1/s1. The summed E-state index contributed by atoms with van der Waals surface area (Å²) in [5.74, 6) is -1.82. The van der Waals surface area contributed by atoms with Crippen LogP contribution in [-0.4, -0.2) is 53.9 Å². The first-order chi connectivity index (χ1) is 23.2. The van der Waals surface area contributed by atoms with Gasteiger partial charge < -0.3 is 25.2 Å². The van der Waals surface area contributed by atoms with Crippen molar-refractivity contribution < 1.29 is 42.7 Å². The van der Waals surface area contributed by atoms with Crippen LogP contribution in [0, 0.1) is 0 Å². The molecule has 282 valence electrons. The Morgan fingerprint density at radius 2 is 1.08 bits per heavy atom. The Kier molecular flexibility index (Phi) is 32.6. The van der Waals surface area contributed by atoms with Crippen LogP contribution in [0.3, 0.4) is 0 Å². The second-order valence-electron chi connectivity index (χ2n) is 12.8. The Balaban J connectivity index is 4.38. The summed E-state index contributed by atoms with van der Waals surface area (Å²) in [6.07, 6.45) is 34.6. The number of phosphoric acid groups is 1. The number of ether oxygens (including phenoxy) is 2. The molecule has 0 aliphatic rings. The highest BCUT2D eigenvalue weighted by molar-refractivity contribution is 7.47. The molecule has 0 aromatic heterocycles. The van der Waals surface area contributed by atoms with Crippen molar-refractivity contribution >= 4 is 19.8 Å². The molecule has 0 amide bonds. The smallest absolute Gasteiger partial charge is 0.472 e. The number of rotatable bonds is 36. The van der Waals surface area contributed by atoms with Gasteiger partial charge in [0.05, 0.1) is 19.5 Å². The van der Waals surface area contributed by atoms with Crippen LogP contribution in [0.2, 0.25) is 0 Å². The van der Waals surface area contributed by atoms with Gasteiger partial charge in [0.2, 0.25) is 0 Å². The first kappa shape index (κ1) is 46.3. The molecule has 0 saturated heterocycles. The second-order valence-corrected chi connectivity index (χ2v) is 14.2. The van der Waals surface area contributed by atoms with Crippen LogP contribution in [0.5, 0.6) is 0 Å². The number of carbonyl (C=O) groups excluding carboxylic acids is 1. The van der Waals surface area contributed by atoms with E-state index in [1.54, 1.807) is 6.26 Å². The largest absolute Gasteiger partial charge is 0.498 e. The summed E-state index contributed by atoms with van der Waals surface area (Å²) < 4.78 is 32.9. The lowest BCUT2D eigenvalue weighted by atomic mass is 10.0. The van der Waals surface area contributed by atoms with E-state index in [-0.39, 0.29) is 13.0 Å². The third kappa shape index (κ3) is 32.8. The van der Waals surface area contributed by atoms with Gasteiger partial charge in [0.25, 0.3) is 0 Å². The average molecular weight is 704 g/mol. The molecule has 0 fully saturated rings. The molecule has 4 N–H and O–H groups in total. The van der Waals surface area contributed by atoms with E-state index in [0.29, 0.717) is 6.42 Å². The van der Waals surface area contributed by atoms with Gasteiger partial charge in [-0.2, -0.15) is 0 Å². The van der Waals surface area contributed by atoms with Gasteiger partial charge in [0, 0.05) is 6.42 Å². The van der Waals surface area contributed by atoms with Crippen LogP contribution >= 0.6 is 7.82 Å². The number of hydrogen-bond acceptors (Lipinski definition) is 8. The van der Waals surface area contributed by atoms with Crippen molar-refractivity contribution in [3.05, 3.63) is 24.5 Å². The van der Waals surface area contributed by atoms with Gasteiger partial charge in [0.1, 0.15) is 12.6 Å². The maximum absolute atomic E-state index is 12.5. The number of carbonyl (C=O) groups is 2. The van der Waals surface area contributed by atoms with Gasteiger partial charge in [-0.05, 0) is 51.0 Å². The highest BCUT2D eigenvalue weighted by Gasteiger charge is 2.27. The van der Waals surface area contributed by atoms with Crippen LogP contribution < -0.4 is 5.73 Å². The lowest BCUT2D eigenvalue weighted by Crippen LogP contribution is -2.34. The van der Waals surface area contributed by atoms with Gasteiger partial charge >= 0.3 is 19.8 Å². The monoisotopic (exact) mass is 703 g/mol. The van der Waals surface area contributed by atoms with Crippen molar-refractivity contribution in [1.82, 2.24) is 0 Å². The van der Waals surface area contributed by atoms with Crippen molar-refractivity contribution in [2.45, 2.75) is 180 Å². The predicted molar refractivity (Wildman–Crippen MR) is 194 cm³/mol. The van der Waals surface area contributed by atoms with Gasteiger partial charge in [-0.1, -0.05) is 129 Å². The van der Waals surface area contributed by atoms with Crippen LogP contribution in [0.1, 0.15) is 168 Å². The molecule has 48 heavy (non-hydrogen) atoms. The summed E-state index contributed by atoms with van der Waals surface area (Å²) in [4.78, 5) is 33.3. The van der Waals surface area contributed by atoms with Gasteiger partial charge in [0.15, 0.2) is 6.10 Å². The molecule has 0 heterocycles. The van der Waals surface area contributed by atoms with E-state index in [0.717, 1.165) is 51.4 Å². The molecule has 0 spiro atoms. The molecule has 0 aromatic carbocycles. The fourth-order valence-corrected chi connectivity index (χ4v) is 5.81. The maximum atomic E-state index is 12.5. The Hall–Kier alpha value is -1.71. The number of phosphoric ester groups is 1. The highest BCUT2D eigenvalue weighted by atomic mass is 31.2. The van der Waals surface area contributed by atoms with E-state index in [4.69, 9.17) is 24.8 Å². The molecule has 0 aliphatic heterocycles. The lowest BCUT2D eigenvalue weighted by Gasteiger charge is -2.20. The van der Waals surface area contributed by atoms with E-state index < -0.39 is 45.1 Å². The SMILES string of the molecule is CCCCC/C=C\CCCCCCCC(=O)O[C@H](CO/C=C\CCCCCCCCCCCCCC)COP(=O)(O)OC[C@H](N)C(=O)O. The number of hydrogen-bond donors (Lipinski definition) is 3. The van der Waals surface area contributed by atoms with Gasteiger partial charge in [-0.3, -0.25) is 18.6 Å². The average Bonchev–Trinajstić information content (AvgIpc) is 3.06. The van der Waals surface area contributed by atoms with Crippen molar-refractivity contribution in [2.75, 3.05) is 19.8 Å². The molecule has 0 aliphatic carbocycles. The highest BCUT2D eigenvalue weighted by Crippen LogP contribution is 2.43. The first-order valence-corrected chi connectivity index (χ1v) is 20.4. The summed E-state index contributed by atoms with van der Waals surface area (Å²) >= 11 is 0. The minimum atomic E-state index is -4.62. The van der Waals surface area contributed by atoms with Gasteiger partial charge in [-0.15, -0.1) is 0 Å². The zero-order chi connectivity index (χ0) is 35.6. The van der Waals surface area contributed by atoms with Crippen LogP contribution in [0.15, 0.2) is 24.5 Å². The zero-order valence-corrected chi connectivity index (χ0v) is 31.2. The van der Waals surface area contributed by atoms with Crippen molar-refractivity contribution in [1.29, 1.82) is 0 Å². The van der Waals surface area contributed by atoms with E-state index in [1.807, 2.05) is 6.08 Å². The Morgan fingerprint density at radius 1 is 0.646 bits per heavy atom. The molecule has 0 radical (unpaired) electrons. The molecular weight excluding hydrogens is 633 g/mol. The summed E-state index contributed by atoms with van der Waals surface area (Å²) in [5, 5.41) is 8.85. The number of allylic oxidation sites excluding steroid dienone is 3. The Labute approximate surface area is 292 Å². The first-order valence-electron chi connectivity index (χ1n) is 18.9. The van der Waals surface area contributed by atoms with Gasteiger partial charge in [-0.25, -0.2) is 4.57 Å². The fourth-order valence-electron chi connectivity index (χ4n) is 5.03. The minimum absolute atomic E-state index is 0.0682. The number of carboxylic acid groups (broad SMARTS) is 1. The lowest BCUT2D eigenvalue weighted by molar-refractivity contribution is -0.153. The quantitative estimate of drug-likeness (QED) is 0.0189. The third-order valence-corrected chi connectivity index (χ3v) is 9.00. The summed E-state index contributed by atoms with van der Waals surface area (Å²) in [5.41, 5.74) is 5.33. The number of esters is 1. The number of nitrogens with two attached hydrogens (primary N) is 1. The second kappa shape index (κ2) is 33.8. The molecule has 11 heteroatoms. The number of aliphatic carboxylic acids is 1. The van der Waals surface area contributed by atoms with Crippen molar-refractivity contribution in [3.8, 4) is 0 Å². The summed E-state index contributed by atoms with van der Waals surface area (Å²) in [7, 11) is -4.62. The van der Waals surface area contributed by atoms with Crippen molar-refractivity contribution in [3.63, 3.8) is 0 Å². The molecule has 0 saturated carbocycles. The minimum Gasteiger partial charge on any atom is -0.498 e. The number of carboxylic acids is 1. The summed E-state index contributed by atoms with van der Waals surface area (Å²) in [6, 6.07) is -1.48. The third-order valence-electron chi connectivity index (χ3n) is 8.05. The normalized spacial score (nSPS) is 14.3. The van der Waals surface area contributed by atoms with Crippen LogP contribution in [0.25, 0.3) is 0 Å². The van der Waals surface area contributed by atoms with E-state index in [2.05, 4.69) is 30.5 Å². The summed E-state index contributed by atoms with van der Waals surface area (Å²) in [6.45, 7) is 3.22. The van der Waals surface area contributed by atoms with Crippen LogP contribution in [-0.2, 0) is 32.7 Å². The molecule has 0 aromatic rings. The molecular formula is C37H70NO9P. The van der Waals surface area contributed by atoms with Crippen LogP contribution in [0.4, 0.5) is 0 Å². The van der Waals surface area contributed by atoms with E-state index >= 15 is 0 Å². The Bertz CT molecular complexity index is 868. The fraction of sp³-hybridized carbons (Fsp3) is 0.838. The molecule has 3 atom stereocenters. The van der Waals surface area contributed by atoms with E-state index in [1.165, 1.54) is 89.9 Å². The zero-order valence-electron chi connectivity index (χ0n) is 30.3. The molecule has 1 unspecified atom stereocenters. The van der Waals surface area contributed by atoms with Crippen molar-refractivity contribution in [2.24, 2.45) is 5.73 Å². The molecule has 10 nitrogen and oxygen atoms in total. The Morgan fingerprint density at radius 3 is 1.62 bits per heavy atom.